The second kappa shape index (κ2) is 11.0. The van der Waals surface area contributed by atoms with E-state index in [0.717, 1.165) is 55.3 Å². The fourth-order valence-corrected chi connectivity index (χ4v) is 9.27. The van der Waals surface area contributed by atoms with Gasteiger partial charge in [-0.2, -0.15) is 0 Å². The van der Waals surface area contributed by atoms with Gasteiger partial charge >= 0.3 is 0 Å². The Morgan fingerprint density at radius 3 is 2.05 bits per heavy atom. The van der Waals surface area contributed by atoms with Crippen LogP contribution in [0.5, 0.6) is 0 Å². The molecule has 55 heavy (non-hydrogen) atoms. The number of furan rings is 1. The average Bonchev–Trinajstić information content (AvgIpc) is 3.84. The molecule has 0 fully saturated rings. The number of hydrogen-bond acceptors (Lipinski definition) is 3. The molecule has 11 aromatic rings. The Labute approximate surface area is 316 Å². The summed E-state index contributed by atoms with van der Waals surface area (Å²) in [7, 11) is 0. The molecule has 4 heteroatoms. The molecule has 3 heterocycles. The summed E-state index contributed by atoms with van der Waals surface area (Å²) in [6, 6.07) is 58.8. The van der Waals surface area contributed by atoms with Crippen LogP contribution >= 0.6 is 0 Å². The first-order chi connectivity index (χ1) is 27.0. The summed E-state index contributed by atoms with van der Waals surface area (Å²) in [5.41, 5.74) is 13.4. The maximum Gasteiger partial charge on any atom is 0.165 e. The summed E-state index contributed by atoms with van der Waals surface area (Å²) < 4.78 is 8.84. The maximum atomic E-state index is 6.50. The highest BCUT2D eigenvalue weighted by molar-refractivity contribution is 6.15. The number of aromatic nitrogens is 3. The number of fused-ring (bicyclic) bond motifs is 11. The van der Waals surface area contributed by atoms with Gasteiger partial charge in [0.1, 0.15) is 17.0 Å². The van der Waals surface area contributed by atoms with Crippen LogP contribution in [0.25, 0.3) is 105 Å². The minimum Gasteiger partial charge on any atom is -0.455 e. The maximum absolute atomic E-state index is 6.50. The minimum absolute atomic E-state index is 0.0700. The first kappa shape index (κ1) is 30.4. The highest BCUT2D eigenvalue weighted by Crippen LogP contribution is 2.50. The van der Waals surface area contributed by atoms with Gasteiger partial charge in [0, 0.05) is 32.3 Å². The molecule has 258 valence electrons. The Morgan fingerprint density at radius 1 is 0.473 bits per heavy atom. The van der Waals surface area contributed by atoms with Gasteiger partial charge in [0.05, 0.1) is 22.1 Å². The van der Waals surface area contributed by atoms with Crippen LogP contribution in [-0.2, 0) is 5.41 Å². The Morgan fingerprint density at radius 2 is 1.15 bits per heavy atom. The highest BCUT2D eigenvalue weighted by Gasteiger charge is 2.35. The van der Waals surface area contributed by atoms with E-state index in [-0.39, 0.29) is 5.41 Å². The van der Waals surface area contributed by atoms with Crippen LogP contribution in [0.3, 0.4) is 0 Å². The largest absolute Gasteiger partial charge is 0.455 e. The van der Waals surface area contributed by atoms with Crippen LogP contribution < -0.4 is 0 Å². The number of rotatable bonds is 3. The van der Waals surface area contributed by atoms with Gasteiger partial charge in [-0.3, -0.25) is 4.57 Å². The lowest BCUT2D eigenvalue weighted by atomic mass is 9.81. The number of hydrogen-bond donors (Lipinski definition) is 0. The average molecular weight is 704 g/mol. The third kappa shape index (κ3) is 4.28. The lowest BCUT2D eigenvalue weighted by Gasteiger charge is -2.22. The zero-order chi connectivity index (χ0) is 36.4. The minimum atomic E-state index is -0.0700. The van der Waals surface area contributed by atoms with Crippen molar-refractivity contribution in [1.29, 1.82) is 0 Å². The smallest absolute Gasteiger partial charge is 0.165 e. The number of para-hydroxylation sites is 3. The van der Waals surface area contributed by atoms with Crippen molar-refractivity contribution >= 4 is 65.4 Å². The van der Waals surface area contributed by atoms with Gasteiger partial charge in [-0.1, -0.05) is 123 Å². The molecule has 4 nitrogen and oxygen atoms in total. The summed E-state index contributed by atoms with van der Waals surface area (Å²) in [5, 5.41) is 7.90. The van der Waals surface area contributed by atoms with Crippen molar-refractivity contribution in [2.75, 3.05) is 0 Å². The first-order valence-corrected chi connectivity index (χ1v) is 18.9. The zero-order valence-electron chi connectivity index (χ0n) is 30.3. The molecule has 0 saturated heterocycles. The first-order valence-electron chi connectivity index (χ1n) is 18.9. The van der Waals surface area contributed by atoms with E-state index in [9.17, 15) is 0 Å². The van der Waals surface area contributed by atoms with Gasteiger partial charge < -0.3 is 4.42 Å². The van der Waals surface area contributed by atoms with Gasteiger partial charge in [-0.15, -0.1) is 0 Å². The molecule has 1 aliphatic rings. The van der Waals surface area contributed by atoms with Crippen LogP contribution in [-0.4, -0.2) is 14.5 Å². The molecule has 0 unspecified atom stereocenters. The second-order valence-electron chi connectivity index (χ2n) is 15.4. The van der Waals surface area contributed by atoms with E-state index in [0.29, 0.717) is 5.82 Å². The topological polar surface area (TPSA) is 43.9 Å². The fraction of sp³-hybridized carbons (Fsp3) is 0.0588. The molecule has 1 aliphatic carbocycles. The van der Waals surface area contributed by atoms with Gasteiger partial charge in [0.25, 0.3) is 0 Å². The Balaban J connectivity index is 1.12. The molecular formula is C51H33N3O. The molecule has 0 radical (unpaired) electrons. The molecule has 0 N–H and O–H groups in total. The number of benzene rings is 8. The molecule has 0 saturated carbocycles. The van der Waals surface area contributed by atoms with Gasteiger partial charge in [0.15, 0.2) is 5.82 Å². The van der Waals surface area contributed by atoms with Gasteiger partial charge in [-0.05, 0) is 98.8 Å². The predicted octanol–water partition coefficient (Wildman–Crippen LogP) is 13.4. The van der Waals surface area contributed by atoms with Gasteiger partial charge in [0.2, 0.25) is 0 Å². The van der Waals surface area contributed by atoms with Crippen molar-refractivity contribution in [2.24, 2.45) is 0 Å². The zero-order valence-corrected chi connectivity index (χ0v) is 30.3. The van der Waals surface area contributed by atoms with E-state index in [4.69, 9.17) is 14.4 Å². The molecule has 0 spiro atoms. The van der Waals surface area contributed by atoms with E-state index in [1.54, 1.807) is 0 Å². The van der Waals surface area contributed by atoms with E-state index in [1.807, 2.05) is 18.2 Å². The van der Waals surface area contributed by atoms with Crippen molar-refractivity contribution in [3.8, 4) is 39.5 Å². The van der Waals surface area contributed by atoms with Crippen molar-refractivity contribution in [2.45, 2.75) is 19.3 Å². The quantitative estimate of drug-likeness (QED) is 0.184. The summed E-state index contributed by atoms with van der Waals surface area (Å²) in [4.78, 5) is 10.6. The Hall–Kier alpha value is -7.04. The van der Waals surface area contributed by atoms with Crippen LogP contribution in [0.1, 0.15) is 25.0 Å². The molecular weight excluding hydrogens is 671 g/mol. The lowest BCUT2D eigenvalue weighted by Crippen LogP contribution is -2.14. The monoisotopic (exact) mass is 703 g/mol. The number of nitrogens with zero attached hydrogens (tertiary/aromatic N) is 3. The molecule has 0 aliphatic heterocycles. The van der Waals surface area contributed by atoms with E-state index in [2.05, 4.69) is 164 Å². The predicted molar refractivity (Wildman–Crippen MR) is 227 cm³/mol. The van der Waals surface area contributed by atoms with Crippen molar-refractivity contribution in [3.05, 3.63) is 175 Å². The molecule has 0 atom stereocenters. The summed E-state index contributed by atoms with van der Waals surface area (Å²) in [5.74, 6) is 1.47. The van der Waals surface area contributed by atoms with Crippen molar-refractivity contribution in [3.63, 3.8) is 0 Å². The Bertz CT molecular complexity index is 3420. The molecule has 8 aromatic carbocycles. The molecule has 12 rings (SSSR count). The summed E-state index contributed by atoms with van der Waals surface area (Å²) >= 11 is 0. The normalized spacial score (nSPS) is 13.4. The van der Waals surface area contributed by atoms with Crippen molar-refractivity contribution in [1.82, 2.24) is 14.5 Å². The summed E-state index contributed by atoms with van der Waals surface area (Å²) in [6.07, 6.45) is 0. The molecule has 3 aromatic heterocycles. The SMILES string of the molecule is CC1(C)c2ccccc2-c2ccc(-c3ccc4c(c3)c3cc5ccccc5cc3n4-c3nc(-c4cccc5c4oc4ccccc45)nc4ccccc34)cc21. The van der Waals surface area contributed by atoms with Gasteiger partial charge in [-0.25, -0.2) is 9.97 Å². The lowest BCUT2D eigenvalue weighted by molar-refractivity contribution is 0.660. The highest BCUT2D eigenvalue weighted by atomic mass is 16.3. The molecule has 0 amide bonds. The van der Waals surface area contributed by atoms with E-state index in [1.165, 1.54) is 54.9 Å². The Kier molecular flexibility index (Phi) is 6.09. The third-order valence-electron chi connectivity index (χ3n) is 12.0. The third-order valence-corrected chi connectivity index (χ3v) is 12.0. The summed E-state index contributed by atoms with van der Waals surface area (Å²) in [6.45, 7) is 4.69. The second-order valence-corrected chi connectivity index (χ2v) is 15.4. The van der Waals surface area contributed by atoms with Crippen LogP contribution in [0.2, 0.25) is 0 Å². The standard InChI is InChI=1S/C51H33N3O/c1-51(2)42-19-8-5-14-34(42)35-24-22-33(28-43(35)51)32-23-25-45-40(27-32)41-26-30-12-3-4-13-31(30)29-46(41)54(45)50-38-16-6-9-20-44(38)52-49(53-50)39-18-11-17-37-36-15-7-10-21-47(36)55-48(37)39/h3-29H,1-2H3. The fourth-order valence-electron chi connectivity index (χ4n) is 9.27. The molecule has 0 bridgehead atoms. The van der Waals surface area contributed by atoms with E-state index < -0.39 is 0 Å². The van der Waals surface area contributed by atoms with Crippen molar-refractivity contribution < 1.29 is 4.42 Å². The van der Waals surface area contributed by atoms with Crippen LogP contribution in [0.15, 0.2) is 168 Å². The van der Waals surface area contributed by atoms with Crippen LogP contribution in [0.4, 0.5) is 0 Å². The van der Waals surface area contributed by atoms with E-state index >= 15 is 0 Å². The van der Waals surface area contributed by atoms with Crippen LogP contribution in [0, 0.1) is 0 Å².